The van der Waals surface area contributed by atoms with E-state index in [0.29, 0.717) is 24.6 Å². The Hall–Kier alpha value is -0.440. The zero-order valence-electron chi connectivity index (χ0n) is 20.7. The highest BCUT2D eigenvalue weighted by Crippen LogP contribution is 2.22. The molecule has 0 fully saturated rings. The van der Waals surface area contributed by atoms with E-state index < -0.39 is 12.1 Å². The monoisotopic (exact) mass is 490 g/mol. The van der Waals surface area contributed by atoms with Crippen LogP contribution in [0.25, 0.3) is 0 Å². The van der Waals surface area contributed by atoms with Crippen molar-refractivity contribution in [3.8, 4) is 0 Å². The fourth-order valence-corrected chi connectivity index (χ4v) is 5.49. The normalized spacial score (nSPS) is 13.0. The first-order valence-electron chi connectivity index (χ1n) is 12.8. The molecule has 32 heavy (non-hydrogen) atoms. The van der Waals surface area contributed by atoms with Gasteiger partial charge >= 0.3 is 0 Å². The van der Waals surface area contributed by atoms with Crippen LogP contribution in [0.15, 0.2) is 0 Å². The quantitative estimate of drug-likeness (QED) is 0.121. The van der Waals surface area contributed by atoms with Gasteiger partial charge in [-0.05, 0) is 12.8 Å². The minimum Gasteiger partial charge on any atom is -0.355 e. The van der Waals surface area contributed by atoms with Gasteiger partial charge in [0.15, 0.2) is 0 Å². The van der Waals surface area contributed by atoms with Gasteiger partial charge in [-0.15, -0.1) is 0 Å². The Kier molecular flexibility index (Phi) is 23.4. The Labute approximate surface area is 205 Å². The van der Waals surface area contributed by atoms with Gasteiger partial charge in [-0.25, -0.2) is 0 Å². The molecule has 0 aromatic carbocycles. The lowest BCUT2D eigenvalue weighted by molar-refractivity contribution is -0.122. The van der Waals surface area contributed by atoms with Crippen molar-refractivity contribution in [3.05, 3.63) is 0 Å². The van der Waals surface area contributed by atoms with Crippen molar-refractivity contribution in [3.63, 3.8) is 0 Å². The number of carbonyl (C=O) groups is 2. The van der Waals surface area contributed by atoms with Crippen molar-refractivity contribution in [2.24, 2.45) is 11.5 Å². The Morgan fingerprint density at radius 3 is 1.25 bits per heavy atom. The van der Waals surface area contributed by atoms with E-state index in [1.807, 2.05) is 0 Å². The molecule has 0 spiro atoms. The Balaban J connectivity index is 3.60. The van der Waals surface area contributed by atoms with E-state index in [-0.39, 0.29) is 11.8 Å². The Bertz CT molecular complexity index is 416. The molecule has 0 aliphatic rings. The van der Waals surface area contributed by atoms with Gasteiger partial charge in [0.05, 0.1) is 12.1 Å². The minimum absolute atomic E-state index is 0.0965. The summed E-state index contributed by atoms with van der Waals surface area (Å²) in [5, 5.41) is 5.85. The summed E-state index contributed by atoms with van der Waals surface area (Å²) in [5.74, 6) is 0.835. The number of carbonyl (C=O) groups excluding carboxylic acids is 2. The molecule has 0 unspecified atom stereocenters. The molecule has 0 aliphatic carbocycles. The molecule has 6 N–H and O–H groups in total. The molecule has 0 bridgehead atoms. The van der Waals surface area contributed by atoms with Gasteiger partial charge in [0.2, 0.25) is 11.8 Å². The van der Waals surface area contributed by atoms with Crippen LogP contribution >= 0.6 is 21.6 Å². The van der Waals surface area contributed by atoms with Crippen LogP contribution in [0, 0.1) is 0 Å². The molecular formula is C24H50N4O2S2. The number of rotatable bonds is 23. The smallest absolute Gasteiger partial charge is 0.237 e. The zero-order chi connectivity index (χ0) is 23.9. The number of hydrogen-bond donors (Lipinski definition) is 4. The summed E-state index contributed by atoms with van der Waals surface area (Å²) in [6.07, 6.45) is 17.2. The first-order chi connectivity index (χ1) is 15.5. The van der Waals surface area contributed by atoms with Gasteiger partial charge in [-0.3, -0.25) is 9.59 Å². The summed E-state index contributed by atoms with van der Waals surface area (Å²) < 4.78 is 0. The fourth-order valence-electron chi connectivity index (χ4n) is 3.24. The molecule has 0 saturated heterocycles. The predicted octanol–water partition coefficient (Wildman–Crippen LogP) is 4.76. The third-order valence-electron chi connectivity index (χ3n) is 5.41. The van der Waals surface area contributed by atoms with E-state index in [2.05, 4.69) is 24.5 Å². The van der Waals surface area contributed by atoms with Crippen molar-refractivity contribution < 1.29 is 9.59 Å². The van der Waals surface area contributed by atoms with Crippen molar-refractivity contribution in [2.75, 3.05) is 24.6 Å². The first-order valence-corrected chi connectivity index (χ1v) is 15.3. The van der Waals surface area contributed by atoms with Crippen molar-refractivity contribution >= 4 is 33.4 Å². The lowest BCUT2D eigenvalue weighted by atomic mass is 10.1. The number of nitrogens with one attached hydrogen (secondary N) is 2. The average Bonchev–Trinajstić information content (AvgIpc) is 2.79. The molecule has 2 amide bonds. The molecule has 0 aromatic heterocycles. The van der Waals surface area contributed by atoms with Crippen molar-refractivity contribution in [2.45, 2.75) is 116 Å². The molecule has 0 heterocycles. The summed E-state index contributed by atoms with van der Waals surface area (Å²) in [6.45, 7) is 5.84. The van der Waals surface area contributed by atoms with E-state index in [0.717, 1.165) is 25.7 Å². The Morgan fingerprint density at radius 1 is 0.594 bits per heavy atom. The van der Waals surface area contributed by atoms with E-state index in [1.54, 1.807) is 0 Å². The molecule has 6 nitrogen and oxygen atoms in total. The van der Waals surface area contributed by atoms with Gasteiger partial charge in [-0.2, -0.15) is 0 Å². The van der Waals surface area contributed by atoms with Crippen LogP contribution in [0.3, 0.4) is 0 Å². The van der Waals surface area contributed by atoms with Crippen LogP contribution in [0.1, 0.15) is 104 Å². The molecular weight excluding hydrogens is 440 g/mol. The van der Waals surface area contributed by atoms with Gasteiger partial charge in [-0.1, -0.05) is 112 Å². The number of amides is 2. The first kappa shape index (κ1) is 31.6. The van der Waals surface area contributed by atoms with E-state index in [4.69, 9.17) is 11.5 Å². The van der Waals surface area contributed by atoms with E-state index in [9.17, 15) is 9.59 Å². The highest BCUT2D eigenvalue weighted by atomic mass is 33.1. The van der Waals surface area contributed by atoms with Crippen LogP contribution < -0.4 is 22.1 Å². The lowest BCUT2D eigenvalue weighted by Gasteiger charge is -2.13. The van der Waals surface area contributed by atoms with Crippen LogP contribution in [-0.4, -0.2) is 48.5 Å². The maximum absolute atomic E-state index is 12.1. The SMILES string of the molecule is CCCCCCCCCNC(=O)[C@@H](N)CSSC[C@H](N)C(=O)NCCCCCCCCC. The van der Waals surface area contributed by atoms with Crippen LogP contribution in [0.4, 0.5) is 0 Å². The van der Waals surface area contributed by atoms with Crippen LogP contribution in [-0.2, 0) is 9.59 Å². The molecule has 190 valence electrons. The standard InChI is InChI=1S/C24H50N4O2S2/c1-3-5-7-9-11-13-15-17-27-23(29)21(25)19-31-32-20-22(26)24(30)28-18-16-14-12-10-8-6-4-2/h21-22H,3-20,25-26H2,1-2H3,(H,27,29)(H,28,30)/t21-,22-/m0/s1. The van der Waals surface area contributed by atoms with Gasteiger partial charge in [0.25, 0.3) is 0 Å². The van der Waals surface area contributed by atoms with Crippen LogP contribution in [0.5, 0.6) is 0 Å². The van der Waals surface area contributed by atoms with E-state index >= 15 is 0 Å². The molecule has 0 saturated carbocycles. The molecule has 2 atom stereocenters. The fraction of sp³-hybridized carbons (Fsp3) is 0.917. The average molecular weight is 491 g/mol. The zero-order valence-corrected chi connectivity index (χ0v) is 22.3. The van der Waals surface area contributed by atoms with Gasteiger partial charge in [0.1, 0.15) is 0 Å². The molecule has 0 aromatic rings. The van der Waals surface area contributed by atoms with Gasteiger partial charge in [0, 0.05) is 24.6 Å². The third-order valence-corrected chi connectivity index (χ3v) is 7.88. The topological polar surface area (TPSA) is 110 Å². The summed E-state index contributed by atoms with van der Waals surface area (Å²) in [6, 6.07) is -1.06. The number of unbranched alkanes of at least 4 members (excludes halogenated alkanes) is 12. The van der Waals surface area contributed by atoms with Crippen molar-refractivity contribution in [1.29, 1.82) is 0 Å². The molecule has 0 radical (unpaired) electrons. The second-order valence-corrected chi connectivity index (χ2v) is 11.2. The maximum atomic E-state index is 12.1. The van der Waals surface area contributed by atoms with Crippen molar-refractivity contribution in [1.82, 2.24) is 10.6 Å². The summed E-state index contributed by atoms with van der Waals surface area (Å²) in [5.41, 5.74) is 11.9. The number of hydrogen-bond acceptors (Lipinski definition) is 6. The lowest BCUT2D eigenvalue weighted by Crippen LogP contribution is -2.43. The second-order valence-electron chi connectivity index (χ2n) is 8.61. The summed E-state index contributed by atoms with van der Waals surface area (Å²) in [4.78, 5) is 24.1. The third kappa shape index (κ3) is 20.2. The maximum Gasteiger partial charge on any atom is 0.237 e. The Morgan fingerprint density at radius 2 is 0.906 bits per heavy atom. The minimum atomic E-state index is -0.528. The molecule has 8 heteroatoms. The summed E-state index contributed by atoms with van der Waals surface area (Å²) >= 11 is 0. The molecule has 0 rings (SSSR count). The van der Waals surface area contributed by atoms with E-state index in [1.165, 1.54) is 85.8 Å². The highest BCUT2D eigenvalue weighted by molar-refractivity contribution is 8.76. The highest BCUT2D eigenvalue weighted by Gasteiger charge is 2.16. The second kappa shape index (κ2) is 23.7. The van der Waals surface area contributed by atoms with Gasteiger partial charge < -0.3 is 22.1 Å². The molecule has 0 aliphatic heterocycles. The summed E-state index contributed by atoms with van der Waals surface area (Å²) in [7, 11) is 3.01. The van der Waals surface area contributed by atoms with Crippen LogP contribution in [0.2, 0.25) is 0 Å². The predicted molar refractivity (Wildman–Crippen MR) is 143 cm³/mol. The largest absolute Gasteiger partial charge is 0.355 e. The number of nitrogens with two attached hydrogens (primary N) is 2.